The first-order valence-corrected chi connectivity index (χ1v) is 8.01. The Morgan fingerprint density at radius 3 is 1.56 bits per heavy atom. The SMILES string of the molecule is Cl[Si]Cl.c1ccc2c(c1)Cc1ccccc1-2. The summed E-state index contributed by atoms with van der Waals surface area (Å²) in [6, 6.07) is 17.3. The van der Waals surface area contributed by atoms with Crippen LogP contribution in [0.1, 0.15) is 11.1 Å². The van der Waals surface area contributed by atoms with Crippen molar-refractivity contribution in [2.24, 2.45) is 0 Å². The molecular formula is C13H10Cl2Si. The molecule has 0 saturated carbocycles. The van der Waals surface area contributed by atoms with E-state index in [1.54, 1.807) is 0 Å². The molecule has 0 N–H and O–H groups in total. The minimum atomic E-state index is 0.0278. The van der Waals surface area contributed by atoms with E-state index in [9.17, 15) is 0 Å². The van der Waals surface area contributed by atoms with Crippen molar-refractivity contribution in [3.8, 4) is 11.1 Å². The van der Waals surface area contributed by atoms with Gasteiger partial charge in [0, 0.05) is 0 Å². The van der Waals surface area contributed by atoms with Gasteiger partial charge in [0.1, 0.15) is 0 Å². The van der Waals surface area contributed by atoms with Gasteiger partial charge in [-0.25, -0.2) is 0 Å². The molecule has 0 unspecified atom stereocenters. The van der Waals surface area contributed by atoms with Gasteiger partial charge in [0.25, 0.3) is 8.14 Å². The van der Waals surface area contributed by atoms with Crippen molar-refractivity contribution < 1.29 is 0 Å². The summed E-state index contributed by atoms with van der Waals surface area (Å²) in [6.07, 6.45) is 1.10. The minimum Gasteiger partial charge on any atom is -0.148 e. The monoisotopic (exact) mass is 264 g/mol. The first-order chi connectivity index (χ1) is 7.86. The predicted octanol–water partition coefficient (Wildman–Crippen LogP) is 4.26. The fourth-order valence-electron chi connectivity index (χ4n) is 2.08. The van der Waals surface area contributed by atoms with E-state index in [2.05, 4.69) is 48.5 Å². The van der Waals surface area contributed by atoms with E-state index in [-0.39, 0.29) is 8.14 Å². The average molecular weight is 265 g/mol. The Hall–Kier alpha value is -0.763. The lowest BCUT2D eigenvalue weighted by atomic mass is 10.1. The zero-order valence-corrected chi connectivity index (χ0v) is 11.1. The summed E-state index contributed by atoms with van der Waals surface area (Å²) in [5, 5.41) is 0. The molecule has 0 spiro atoms. The molecule has 2 radical (unpaired) electrons. The van der Waals surface area contributed by atoms with E-state index >= 15 is 0 Å². The molecule has 0 bridgehead atoms. The normalized spacial score (nSPS) is 11.1. The molecule has 0 aliphatic heterocycles. The summed E-state index contributed by atoms with van der Waals surface area (Å²) in [4.78, 5) is 0. The summed E-state index contributed by atoms with van der Waals surface area (Å²) >= 11 is 9.58. The molecule has 0 amide bonds. The van der Waals surface area contributed by atoms with Crippen LogP contribution in [0, 0.1) is 0 Å². The van der Waals surface area contributed by atoms with Gasteiger partial charge in [-0.1, -0.05) is 48.5 Å². The van der Waals surface area contributed by atoms with Crippen molar-refractivity contribution in [3.63, 3.8) is 0 Å². The van der Waals surface area contributed by atoms with Crippen LogP contribution in [0.2, 0.25) is 0 Å². The highest BCUT2D eigenvalue weighted by Crippen LogP contribution is 2.35. The van der Waals surface area contributed by atoms with E-state index in [4.69, 9.17) is 22.2 Å². The molecule has 0 heterocycles. The molecule has 1 aliphatic carbocycles. The molecule has 1 aliphatic rings. The lowest BCUT2D eigenvalue weighted by Crippen LogP contribution is -1.77. The first-order valence-electron chi connectivity index (χ1n) is 4.99. The zero-order valence-electron chi connectivity index (χ0n) is 8.58. The highest BCUT2D eigenvalue weighted by atomic mass is 35.7. The van der Waals surface area contributed by atoms with Gasteiger partial charge >= 0.3 is 0 Å². The molecule has 0 nitrogen and oxygen atoms in total. The maximum atomic E-state index is 4.79. The Morgan fingerprint density at radius 2 is 1.12 bits per heavy atom. The molecule has 16 heavy (non-hydrogen) atoms. The number of hydrogen-bond donors (Lipinski definition) is 0. The van der Waals surface area contributed by atoms with Crippen LogP contribution in [0.25, 0.3) is 11.1 Å². The number of halogens is 2. The van der Waals surface area contributed by atoms with Gasteiger partial charge in [-0.05, 0) is 28.7 Å². The molecule has 0 aromatic heterocycles. The van der Waals surface area contributed by atoms with Crippen LogP contribution >= 0.6 is 22.2 Å². The van der Waals surface area contributed by atoms with Gasteiger partial charge in [-0.2, -0.15) is 0 Å². The number of benzene rings is 2. The molecule has 0 atom stereocenters. The van der Waals surface area contributed by atoms with E-state index in [0.717, 1.165) is 6.42 Å². The highest BCUT2D eigenvalue weighted by Gasteiger charge is 2.15. The van der Waals surface area contributed by atoms with Crippen molar-refractivity contribution in [1.82, 2.24) is 0 Å². The van der Waals surface area contributed by atoms with Gasteiger partial charge in [0.2, 0.25) is 0 Å². The zero-order chi connectivity index (χ0) is 11.4. The van der Waals surface area contributed by atoms with Gasteiger partial charge in [0.05, 0.1) is 0 Å². The second-order valence-electron chi connectivity index (χ2n) is 3.56. The standard InChI is InChI=1S/C13H10.Cl2Si/c1-3-7-12-10(5-1)9-11-6-2-4-8-13(11)12;1-3-2/h1-8H,9H2;. The summed E-state index contributed by atoms with van der Waals surface area (Å²) in [7, 11) is 0.0278. The number of hydrogen-bond acceptors (Lipinski definition) is 0. The third-order valence-electron chi connectivity index (χ3n) is 2.71. The third-order valence-corrected chi connectivity index (χ3v) is 2.71. The molecule has 2 aromatic rings. The van der Waals surface area contributed by atoms with Crippen molar-refractivity contribution in [1.29, 1.82) is 0 Å². The second-order valence-corrected chi connectivity index (χ2v) is 5.42. The third kappa shape index (κ3) is 2.32. The fourth-order valence-corrected chi connectivity index (χ4v) is 2.08. The Balaban J connectivity index is 0.000000292. The average Bonchev–Trinajstić information content (AvgIpc) is 2.68. The van der Waals surface area contributed by atoms with Gasteiger partial charge < -0.3 is 0 Å². The van der Waals surface area contributed by atoms with Gasteiger partial charge in [0.15, 0.2) is 0 Å². The van der Waals surface area contributed by atoms with Crippen LogP contribution in [0.15, 0.2) is 48.5 Å². The Morgan fingerprint density at radius 1 is 0.750 bits per heavy atom. The van der Waals surface area contributed by atoms with E-state index < -0.39 is 0 Å². The number of fused-ring (bicyclic) bond motifs is 3. The summed E-state index contributed by atoms with van der Waals surface area (Å²) in [6.45, 7) is 0. The molecule has 3 heteroatoms. The highest BCUT2D eigenvalue weighted by molar-refractivity contribution is 7.22. The van der Waals surface area contributed by atoms with Crippen LogP contribution in [0.5, 0.6) is 0 Å². The second kappa shape index (κ2) is 5.53. The predicted molar refractivity (Wildman–Crippen MR) is 72.1 cm³/mol. The summed E-state index contributed by atoms with van der Waals surface area (Å²) in [5.41, 5.74) is 5.75. The van der Waals surface area contributed by atoms with Crippen LogP contribution in [0.4, 0.5) is 0 Å². The fraction of sp³-hybridized carbons (Fsp3) is 0.0769. The minimum absolute atomic E-state index is 0.0278. The maximum absolute atomic E-state index is 4.79. The van der Waals surface area contributed by atoms with Crippen molar-refractivity contribution in [2.75, 3.05) is 0 Å². The number of rotatable bonds is 0. The van der Waals surface area contributed by atoms with Gasteiger partial charge in [-0.15, -0.1) is 22.2 Å². The van der Waals surface area contributed by atoms with Crippen molar-refractivity contribution in [2.45, 2.75) is 6.42 Å². The van der Waals surface area contributed by atoms with Gasteiger partial charge in [-0.3, -0.25) is 0 Å². The summed E-state index contributed by atoms with van der Waals surface area (Å²) in [5.74, 6) is 0. The lowest BCUT2D eigenvalue weighted by molar-refractivity contribution is 1.26. The lowest BCUT2D eigenvalue weighted by Gasteiger charge is -1.98. The quantitative estimate of drug-likeness (QED) is 0.421. The molecule has 2 aromatic carbocycles. The molecule has 80 valence electrons. The van der Waals surface area contributed by atoms with E-state index in [1.165, 1.54) is 22.3 Å². The van der Waals surface area contributed by atoms with E-state index in [0.29, 0.717) is 0 Å². The Labute approximate surface area is 107 Å². The Kier molecular flexibility index (Phi) is 4.05. The van der Waals surface area contributed by atoms with Crippen LogP contribution in [0.3, 0.4) is 0 Å². The van der Waals surface area contributed by atoms with Crippen molar-refractivity contribution >= 4 is 30.3 Å². The Bertz CT molecular complexity index is 439. The van der Waals surface area contributed by atoms with Crippen LogP contribution in [-0.4, -0.2) is 8.14 Å². The topological polar surface area (TPSA) is 0 Å². The molecular weight excluding hydrogens is 255 g/mol. The maximum Gasteiger partial charge on any atom is 0.295 e. The first kappa shape index (κ1) is 11.7. The molecule has 3 rings (SSSR count). The molecule has 0 saturated heterocycles. The summed E-state index contributed by atoms with van der Waals surface area (Å²) < 4.78 is 0. The van der Waals surface area contributed by atoms with Crippen LogP contribution in [-0.2, 0) is 6.42 Å². The van der Waals surface area contributed by atoms with Crippen LogP contribution < -0.4 is 0 Å². The smallest absolute Gasteiger partial charge is 0.148 e. The van der Waals surface area contributed by atoms with Crippen molar-refractivity contribution in [3.05, 3.63) is 59.7 Å². The molecule has 0 fully saturated rings. The van der Waals surface area contributed by atoms with E-state index in [1.807, 2.05) is 0 Å². The largest absolute Gasteiger partial charge is 0.295 e.